The highest BCUT2D eigenvalue weighted by Gasteiger charge is 2.46. The summed E-state index contributed by atoms with van der Waals surface area (Å²) in [4.78, 5) is 11.8. The summed E-state index contributed by atoms with van der Waals surface area (Å²) in [6.45, 7) is 2.27. The molecule has 84 valence electrons. The topological polar surface area (TPSA) is 17.1 Å². The zero-order valence-corrected chi connectivity index (χ0v) is 9.73. The summed E-state index contributed by atoms with van der Waals surface area (Å²) in [6.07, 6.45) is 3.21. The molecule has 3 aliphatic rings. The van der Waals surface area contributed by atoms with Gasteiger partial charge in [-0.2, -0.15) is 0 Å². The van der Waals surface area contributed by atoms with Gasteiger partial charge in [0.1, 0.15) is 5.78 Å². The summed E-state index contributed by atoms with van der Waals surface area (Å²) in [6, 6.07) is 10.8. The average molecular weight is 214 g/mol. The van der Waals surface area contributed by atoms with Crippen molar-refractivity contribution in [2.45, 2.75) is 32.1 Å². The van der Waals surface area contributed by atoms with Crippen LogP contribution in [0.4, 0.5) is 0 Å². The van der Waals surface area contributed by atoms with E-state index < -0.39 is 0 Å². The maximum atomic E-state index is 11.8. The average Bonchev–Trinajstić information content (AvgIpc) is 2.30. The van der Waals surface area contributed by atoms with Gasteiger partial charge in [0, 0.05) is 12.3 Å². The molecule has 4 atom stereocenters. The third-order valence-electron chi connectivity index (χ3n) is 4.62. The highest BCUT2D eigenvalue weighted by molar-refractivity contribution is 5.83. The van der Waals surface area contributed by atoms with E-state index in [0.717, 1.165) is 12.8 Å². The zero-order valence-electron chi connectivity index (χ0n) is 9.73. The number of Topliss-reactive ketones (excluding diaryl/α,β-unsaturated/α-hetero) is 1. The van der Waals surface area contributed by atoms with Crippen LogP contribution in [0.25, 0.3) is 0 Å². The summed E-state index contributed by atoms with van der Waals surface area (Å²) >= 11 is 0. The molecule has 1 aromatic carbocycles. The first-order valence-electron chi connectivity index (χ1n) is 6.35. The Bertz CT molecular complexity index is 393. The molecule has 0 aromatic heterocycles. The van der Waals surface area contributed by atoms with Gasteiger partial charge in [-0.25, -0.2) is 0 Å². The van der Waals surface area contributed by atoms with E-state index in [1.165, 1.54) is 12.0 Å². The summed E-state index contributed by atoms with van der Waals surface area (Å²) in [7, 11) is 0. The van der Waals surface area contributed by atoms with Gasteiger partial charge in [0.15, 0.2) is 0 Å². The van der Waals surface area contributed by atoms with Crippen molar-refractivity contribution in [1.29, 1.82) is 0 Å². The van der Waals surface area contributed by atoms with Crippen LogP contribution in [0, 0.1) is 17.8 Å². The molecule has 3 saturated carbocycles. The van der Waals surface area contributed by atoms with E-state index in [2.05, 4.69) is 37.3 Å². The van der Waals surface area contributed by atoms with E-state index in [0.29, 0.717) is 29.5 Å². The quantitative estimate of drug-likeness (QED) is 0.700. The minimum absolute atomic E-state index is 0.343. The molecule has 0 saturated heterocycles. The van der Waals surface area contributed by atoms with E-state index >= 15 is 0 Å². The number of benzene rings is 1. The largest absolute Gasteiger partial charge is 0.299 e. The normalized spacial score (nSPS) is 37.7. The van der Waals surface area contributed by atoms with Crippen molar-refractivity contribution >= 4 is 5.78 Å². The molecule has 1 heteroatoms. The van der Waals surface area contributed by atoms with Crippen molar-refractivity contribution in [2.75, 3.05) is 0 Å². The highest BCUT2D eigenvalue weighted by atomic mass is 16.1. The first-order valence-corrected chi connectivity index (χ1v) is 6.35. The van der Waals surface area contributed by atoms with Gasteiger partial charge < -0.3 is 0 Å². The van der Waals surface area contributed by atoms with Crippen LogP contribution in [0.2, 0.25) is 0 Å². The van der Waals surface area contributed by atoms with Crippen LogP contribution < -0.4 is 0 Å². The lowest BCUT2D eigenvalue weighted by Crippen LogP contribution is -2.42. The third kappa shape index (κ3) is 1.41. The number of fused-ring (bicyclic) bond motifs is 3. The number of ketones is 1. The molecule has 0 N–H and O–H groups in total. The minimum Gasteiger partial charge on any atom is -0.299 e. The molecule has 0 amide bonds. The van der Waals surface area contributed by atoms with Gasteiger partial charge in [0.2, 0.25) is 0 Å². The Morgan fingerprint density at radius 1 is 1.12 bits per heavy atom. The number of rotatable bonds is 1. The lowest BCUT2D eigenvalue weighted by molar-refractivity contribution is -0.133. The zero-order chi connectivity index (χ0) is 11.1. The van der Waals surface area contributed by atoms with Crippen LogP contribution in [0.15, 0.2) is 30.3 Å². The molecule has 3 fully saturated rings. The Morgan fingerprint density at radius 2 is 1.88 bits per heavy atom. The van der Waals surface area contributed by atoms with Gasteiger partial charge in [0.05, 0.1) is 0 Å². The monoisotopic (exact) mass is 214 g/mol. The molecule has 0 radical (unpaired) electrons. The predicted molar refractivity (Wildman–Crippen MR) is 64.2 cm³/mol. The summed E-state index contributed by atoms with van der Waals surface area (Å²) in [5.41, 5.74) is 1.44. The van der Waals surface area contributed by atoms with Crippen LogP contribution >= 0.6 is 0 Å². The Morgan fingerprint density at radius 3 is 2.50 bits per heavy atom. The molecule has 0 spiro atoms. The van der Waals surface area contributed by atoms with Crippen LogP contribution in [-0.4, -0.2) is 5.78 Å². The Kier molecular flexibility index (Phi) is 2.34. The van der Waals surface area contributed by atoms with Gasteiger partial charge >= 0.3 is 0 Å². The van der Waals surface area contributed by atoms with Crippen molar-refractivity contribution in [1.82, 2.24) is 0 Å². The van der Waals surface area contributed by atoms with E-state index in [-0.39, 0.29) is 0 Å². The van der Waals surface area contributed by atoms with E-state index in [1.54, 1.807) is 0 Å². The summed E-state index contributed by atoms with van der Waals surface area (Å²) < 4.78 is 0. The molecule has 2 bridgehead atoms. The standard InChI is InChI=1S/C15H18O/c1-10-13-8-7-12(9-14(13)16)15(10)11-5-3-2-4-6-11/h2-6,10,12-13,15H,7-9H2,1H3. The van der Waals surface area contributed by atoms with Gasteiger partial charge in [0.25, 0.3) is 0 Å². The molecule has 3 aliphatic carbocycles. The summed E-state index contributed by atoms with van der Waals surface area (Å²) in [5, 5.41) is 0. The van der Waals surface area contributed by atoms with Gasteiger partial charge in [-0.3, -0.25) is 4.79 Å². The highest BCUT2D eigenvalue weighted by Crippen LogP contribution is 2.51. The molecule has 0 heterocycles. The maximum absolute atomic E-state index is 11.8. The fourth-order valence-electron chi connectivity index (χ4n) is 3.86. The van der Waals surface area contributed by atoms with Crippen LogP contribution in [0.3, 0.4) is 0 Å². The first-order chi connectivity index (χ1) is 7.77. The molecule has 16 heavy (non-hydrogen) atoms. The molecule has 1 aromatic rings. The first kappa shape index (κ1) is 10.1. The Hall–Kier alpha value is -1.11. The van der Waals surface area contributed by atoms with Gasteiger partial charge in [-0.15, -0.1) is 0 Å². The number of hydrogen-bond acceptors (Lipinski definition) is 1. The fraction of sp³-hybridized carbons (Fsp3) is 0.533. The summed E-state index contributed by atoms with van der Waals surface area (Å²) in [5.74, 6) is 2.64. The molecular formula is C15H18O. The van der Waals surface area contributed by atoms with Crippen LogP contribution in [-0.2, 0) is 4.79 Å². The van der Waals surface area contributed by atoms with Gasteiger partial charge in [-0.1, -0.05) is 37.3 Å². The third-order valence-corrected chi connectivity index (χ3v) is 4.62. The van der Waals surface area contributed by atoms with E-state index in [9.17, 15) is 4.79 Å². The molecule has 4 unspecified atom stereocenters. The van der Waals surface area contributed by atoms with E-state index in [1.807, 2.05) is 0 Å². The fourth-order valence-corrected chi connectivity index (χ4v) is 3.86. The van der Waals surface area contributed by atoms with Crippen LogP contribution in [0.1, 0.15) is 37.7 Å². The van der Waals surface area contributed by atoms with Gasteiger partial charge in [-0.05, 0) is 36.2 Å². The van der Waals surface area contributed by atoms with Crippen LogP contribution in [0.5, 0.6) is 0 Å². The smallest absolute Gasteiger partial charge is 0.136 e. The second-order valence-electron chi connectivity index (χ2n) is 5.41. The van der Waals surface area contributed by atoms with Crippen molar-refractivity contribution < 1.29 is 4.79 Å². The molecule has 4 rings (SSSR count). The number of carbonyl (C=O) groups excluding carboxylic acids is 1. The molecule has 1 nitrogen and oxygen atoms in total. The Labute approximate surface area is 96.9 Å². The predicted octanol–water partition coefficient (Wildman–Crippen LogP) is 3.41. The van der Waals surface area contributed by atoms with E-state index in [4.69, 9.17) is 0 Å². The SMILES string of the molecule is CC1C2CCC(CC2=O)C1c1ccccc1. The second kappa shape index (κ2) is 3.73. The number of carbonyl (C=O) groups is 1. The van der Waals surface area contributed by atoms with Crippen molar-refractivity contribution in [3.63, 3.8) is 0 Å². The van der Waals surface area contributed by atoms with Crippen molar-refractivity contribution in [2.24, 2.45) is 17.8 Å². The Balaban J connectivity index is 1.95. The lowest BCUT2D eigenvalue weighted by atomic mass is 9.57. The lowest BCUT2D eigenvalue weighted by Gasteiger charge is -2.46. The minimum atomic E-state index is 0.343. The van der Waals surface area contributed by atoms with Crippen molar-refractivity contribution in [3.05, 3.63) is 35.9 Å². The molecular weight excluding hydrogens is 196 g/mol. The maximum Gasteiger partial charge on any atom is 0.136 e. The van der Waals surface area contributed by atoms with Crippen molar-refractivity contribution in [3.8, 4) is 0 Å². The second-order valence-corrected chi connectivity index (χ2v) is 5.41. The number of hydrogen-bond donors (Lipinski definition) is 0. The molecule has 0 aliphatic heterocycles.